The van der Waals surface area contributed by atoms with Crippen molar-refractivity contribution in [3.8, 4) is 0 Å². The normalized spacial score (nSPS) is 14.2. The van der Waals surface area contributed by atoms with Crippen LogP contribution in [0.2, 0.25) is 0 Å². The van der Waals surface area contributed by atoms with Crippen LogP contribution >= 0.6 is 0 Å². The highest BCUT2D eigenvalue weighted by molar-refractivity contribution is 5.80. The van der Waals surface area contributed by atoms with Crippen molar-refractivity contribution in [2.75, 3.05) is 27.2 Å². The molecule has 0 fully saturated rings. The van der Waals surface area contributed by atoms with E-state index >= 15 is 0 Å². The Bertz CT molecular complexity index is 447. The second-order valence-electron chi connectivity index (χ2n) is 5.65. The highest BCUT2D eigenvalue weighted by atomic mass is 16.5. The summed E-state index contributed by atoms with van der Waals surface area (Å²) in [5.41, 5.74) is -0.604. The van der Waals surface area contributed by atoms with Crippen LogP contribution in [0.4, 0.5) is 0 Å². The molecule has 1 rings (SSSR count). The Morgan fingerprint density at radius 2 is 2.29 bits per heavy atom. The molecule has 0 aliphatic rings. The maximum absolute atomic E-state index is 11.9. The average molecular weight is 296 g/mol. The van der Waals surface area contributed by atoms with Crippen LogP contribution in [0.5, 0.6) is 0 Å². The minimum absolute atomic E-state index is 0.198. The summed E-state index contributed by atoms with van der Waals surface area (Å²) in [4.78, 5) is 18.4. The first kappa shape index (κ1) is 17.7. The predicted molar refractivity (Wildman–Crippen MR) is 82.9 cm³/mol. The summed E-state index contributed by atoms with van der Waals surface area (Å²) in [5, 5.41) is 3.23. The number of nitrogens with one attached hydrogen (secondary N) is 1. The molecule has 0 amide bonds. The molecule has 21 heavy (non-hydrogen) atoms. The molecule has 1 N–H and O–H groups in total. The van der Waals surface area contributed by atoms with Gasteiger partial charge in [-0.2, -0.15) is 0 Å². The Kier molecular flexibility index (Phi) is 6.84. The van der Waals surface area contributed by atoms with Crippen LogP contribution in [0.25, 0.3) is 0 Å². The monoisotopic (exact) mass is 296 g/mol. The third-order valence-electron chi connectivity index (χ3n) is 3.75. The second kappa shape index (κ2) is 8.14. The van der Waals surface area contributed by atoms with Gasteiger partial charge in [-0.3, -0.25) is 9.69 Å². The second-order valence-corrected chi connectivity index (χ2v) is 5.65. The van der Waals surface area contributed by atoms with E-state index in [1.807, 2.05) is 37.9 Å². The van der Waals surface area contributed by atoms with Gasteiger partial charge in [-0.25, -0.2) is 4.98 Å². The van der Waals surface area contributed by atoms with Crippen LogP contribution in [-0.4, -0.2) is 53.2 Å². The van der Waals surface area contributed by atoms with Crippen LogP contribution in [0.1, 0.15) is 32.5 Å². The molecule has 0 aromatic carbocycles. The molecule has 0 saturated heterocycles. The average Bonchev–Trinajstić information content (AvgIpc) is 2.83. The number of hydrogen-bond donors (Lipinski definition) is 1. The van der Waals surface area contributed by atoms with Crippen molar-refractivity contribution in [1.82, 2.24) is 19.8 Å². The summed E-state index contributed by atoms with van der Waals surface area (Å²) >= 11 is 0. The Hall–Kier alpha value is -1.40. The first-order valence-corrected chi connectivity index (χ1v) is 7.41. The van der Waals surface area contributed by atoms with E-state index in [9.17, 15) is 4.79 Å². The lowest BCUT2D eigenvalue weighted by molar-refractivity contribution is -0.148. The fourth-order valence-corrected chi connectivity index (χ4v) is 2.45. The van der Waals surface area contributed by atoms with Crippen molar-refractivity contribution in [3.63, 3.8) is 0 Å². The van der Waals surface area contributed by atoms with E-state index in [0.717, 1.165) is 38.3 Å². The number of carbonyl (C=O) groups excluding carboxylic acids is 1. The number of aryl methyl sites for hydroxylation is 1. The van der Waals surface area contributed by atoms with Crippen molar-refractivity contribution >= 4 is 5.97 Å². The maximum atomic E-state index is 11.9. The molecule has 0 saturated carbocycles. The van der Waals surface area contributed by atoms with Gasteiger partial charge in [0.05, 0.1) is 13.7 Å². The van der Waals surface area contributed by atoms with Crippen LogP contribution in [0.3, 0.4) is 0 Å². The summed E-state index contributed by atoms with van der Waals surface area (Å²) in [6.45, 7) is 6.36. The molecule has 0 radical (unpaired) electrons. The number of aromatic nitrogens is 2. The smallest absolute Gasteiger partial charge is 0.325 e. The van der Waals surface area contributed by atoms with E-state index in [0.29, 0.717) is 0 Å². The van der Waals surface area contributed by atoms with Gasteiger partial charge in [0, 0.05) is 19.4 Å². The number of imidazole rings is 1. The third-order valence-corrected chi connectivity index (χ3v) is 3.75. The van der Waals surface area contributed by atoms with Crippen molar-refractivity contribution in [2.45, 2.75) is 38.8 Å². The van der Waals surface area contributed by atoms with E-state index in [1.54, 1.807) is 0 Å². The zero-order valence-electron chi connectivity index (χ0n) is 13.8. The standard InChI is InChI=1S/C15H28N4O2/c1-6-17-15(2,14(20)21-5)8-7-10-18(3)12-13-16-9-11-19(13)4/h9,11,17H,6-8,10,12H2,1-5H3. The molecule has 0 spiro atoms. The molecule has 6 nitrogen and oxygen atoms in total. The van der Waals surface area contributed by atoms with Gasteiger partial charge in [0.2, 0.25) is 0 Å². The highest BCUT2D eigenvalue weighted by Gasteiger charge is 2.32. The third kappa shape index (κ3) is 5.13. The molecule has 1 aromatic heterocycles. The number of esters is 1. The molecule has 0 bridgehead atoms. The first-order valence-electron chi connectivity index (χ1n) is 7.41. The summed E-state index contributed by atoms with van der Waals surface area (Å²) < 4.78 is 6.92. The molecule has 1 aromatic rings. The van der Waals surface area contributed by atoms with E-state index < -0.39 is 5.54 Å². The molecule has 1 atom stereocenters. The summed E-state index contributed by atoms with van der Waals surface area (Å²) in [5.74, 6) is 0.844. The molecular weight excluding hydrogens is 268 g/mol. The first-order chi connectivity index (χ1) is 9.92. The van der Waals surface area contributed by atoms with Crippen LogP contribution in [0.15, 0.2) is 12.4 Å². The Morgan fingerprint density at radius 1 is 1.57 bits per heavy atom. The largest absolute Gasteiger partial charge is 0.468 e. The molecule has 6 heteroatoms. The molecule has 1 heterocycles. The van der Waals surface area contributed by atoms with E-state index in [1.165, 1.54) is 7.11 Å². The maximum Gasteiger partial charge on any atom is 0.325 e. The Labute approximate surface area is 127 Å². The van der Waals surface area contributed by atoms with Crippen LogP contribution in [0, 0.1) is 0 Å². The van der Waals surface area contributed by atoms with E-state index in [2.05, 4.69) is 22.2 Å². The molecule has 0 aliphatic carbocycles. The van der Waals surface area contributed by atoms with Crippen molar-refractivity contribution < 1.29 is 9.53 Å². The molecule has 120 valence electrons. The predicted octanol–water partition coefficient (Wildman–Crippen LogP) is 1.17. The van der Waals surface area contributed by atoms with Gasteiger partial charge in [0.1, 0.15) is 11.4 Å². The van der Waals surface area contributed by atoms with E-state index in [-0.39, 0.29) is 5.97 Å². The number of rotatable bonds is 9. The van der Waals surface area contributed by atoms with Gasteiger partial charge in [0.15, 0.2) is 0 Å². The minimum Gasteiger partial charge on any atom is -0.468 e. The number of hydrogen-bond acceptors (Lipinski definition) is 5. The lowest BCUT2D eigenvalue weighted by atomic mass is 9.95. The SMILES string of the molecule is CCNC(C)(CCCN(C)Cc1nccn1C)C(=O)OC. The fraction of sp³-hybridized carbons (Fsp3) is 0.733. The lowest BCUT2D eigenvalue weighted by Gasteiger charge is -2.28. The molecule has 1 unspecified atom stereocenters. The van der Waals surface area contributed by atoms with Crippen molar-refractivity contribution in [3.05, 3.63) is 18.2 Å². The van der Waals surface area contributed by atoms with Gasteiger partial charge in [0.25, 0.3) is 0 Å². The summed E-state index contributed by atoms with van der Waals surface area (Å²) in [6.07, 6.45) is 5.42. The number of carbonyl (C=O) groups is 1. The lowest BCUT2D eigenvalue weighted by Crippen LogP contribution is -2.50. The van der Waals surface area contributed by atoms with Gasteiger partial charge in [-0.1, -0.05) is 6.92 Å². The minimum atomic E-state index is -0.604. The van der Waals surface area contributed by atoms with Gasteiger partial charge in [-0.05, 0) is 39.9 Å². The summed E-state index contributed by atoms with van der Waals surface area (Å²) in [6, 6.07) is 0. The van der Waals surface area contributed by atoms with Crippen LogP contribution < -0.4 is 5.32 Å². The van der Waals surface area contributed by atoms with Crippen molar-refractivity contribution in [2.24, 2.45) is 7.05 Å². The number of ether oxygens (including phenoxy) is 1. The van der Waals surface area contributed by atoms with Crippen LogP contribution in [-0.2, 0) is 23.1 Å². The fourth-order valence-electron chi connectivity index (χ4n) is 2.45. The van der Waals surface area contributed by atoms with E-state index in [4.69, 9.17) is 4.74 Å². The molecular formula is C15H28N4O2. The van der Waals surface area contributed by atoms with Crippen molar-refractivity contribution in [1.29, 1.82) is 0 Å². The molecule has 0 aliphatic heterocycles. The van der Waals surface area contributed by atoms with Gasteiger partial charge < -0.3 is 14.6 Å². The zero-order chi connectivity index (χ0) is 15.9. The van der Waals surface area contributed by atoms with Gasteiger partial charge >= 0.3 is 5.97 Å². The Morgan fingerprint density at radius 3 is 2.81 bits per heavy atom. The topological polar surface area (TPSA) is 59.4 Å². The van der Waals surface area contributed by atoms with Gasteiger partial charge in [-0.15, -0.1) is 0 Å². The highest BCUT2D eigenvalue weighted by Crippen LogP contribution is 2.15. The summed E-state index contributed by atoms with van der Waals surface area (Å²) in [7, 11) is 5.50. The number of methoxy groups -OCH3 is 1. The number of likely N-dealkylation sites (N-methyl/N-ethyl adjacent to an activating group) is 1. The quantitative estimate of drug-likeness (QED) is 0.693. The zero-order valence-corrected chi connectivity index (χ0v) is 13.8. The Balaban J connectivity index is 2.43. The number of nitrogens with zero attached hydrogens (tertiary/aromatic N) is 3.